The number of hydrogen-bond donors (Lipinski definition) is 1. The molecule has 6 nitrogen and oxygen atoms in total. The summed E-state index contributed by atoms with van der Waals surface area (Å²) in [6.07, 6.45) is -1.73. The third-order valence-electron chi connectivity index (χ3n) is 3.87. The Bertz CT molecular complexity index is 1050. The van der Waals surface area contributed by atoms with Gasteiger partial charge in [0, 0.05) is 25.5 Å². The Morgan fingerprint density at radius 1 is 1.11 bits per heavy atom. The highest BCUT2D eigenvalue weighted by Gasteiger charge is 2.32. The molecule has 0 saturated carbocycles. The van der Waals surface area contributed by atoms with E-state index in [0.717, 1.165) is 12.1 Å². The summed E-state index contributed by atoms with van der Waals surface area (Å²) in [6.45, 7) is 0. The van der Waals surface area contributed by atoms with E-state index in [1.165, 1.54) is 18.3 Å². The summed E-state index contributed by atoms with van der Waals surface area (Å²) in [5, 5.41) is 0. The molecule has 0 unspecified atom stereocenters. The molecule has 0 fully saturated rings. The molecule has 0 aliphatic rings. The molecule has 2 aromatic carbocycles. The molecule has 3 rings (SSSR count). The molecule has 1 heterocycles. The lowest BCUT2D eigenvalue weighted by molar-refractivity contribution is -0.274. The van der Waals surface area contributed by atoms with Crippen molar-refractivity contribution in [3.8, 4) is 5.75 Å². The van der Waals surface area contributed by atoms with Gasteiger partial charge in [0.15, 0.2) is 0 Å². The van der Waals surface area contributed by atoms with Gasteiger partial charge in [0.2, 0.25) is 10.0 Å². The molecule has 3 aromatic rings. The number of hydrogen-bond acceptors (Lipinski definition) is 4. The van der Waals surface area contributed by atoms with Crippen molar-refractivity contribution >= 4 is 10.0 Å². The van der Waals surface area contributed by atoms with E-state index in [1.807, 2.05) is 0 Å². The number of halogens is 3. The summed E-state index contributed by atoms with van der Waals surface area (Å²) >= 11 is 0. The molecule has 0 aliphatic carbocycles. The van der Waals surface area contributed by atoms with Crippen molar-refractivity contribution in [2.45, 2.75) is 17.3 Å². The lowest BCUT2D eigenvalue weighted by Gasteiger charge is -2.19. The van der Waals surface area contributed by atoms with Crippen LogP contribution in [0.4, 0.5) is 13.2 Å². The number of alkyl halides is 3. The summed E-state index contributed by atoms with van der Waals surface area (Å²) in [6, 6.07) is 12.1. The smallest absolute Gasteiger partial charge is 0.406 e. The highest BCUT2D eigenvalue weighted by molar-refractivity contribution is 7.89. The van der Waals surface area contributed by atoms with Crippen LogP contribution >= 0.6 is 0 Å². The summed E-state index contributed by atoms with van der Waals surface area (Å²) in [7, 11) is -2.47. The van der Waals surface area contributed by atoms with Crippen LogP contribution in [0, 0.1) is 0 Å². The zero-order chi connectivity index (χ0) is 20.4. The SMILES string of the molecule is Cn1ccnc1[C@H](NS(=O)(=O)c1cccc(OC(F)(F)F)c1)c1ccccc1. The molecule has 1 aromatic heterocycles. The summed E-state index contributed by atoms with van der Waals surface area (Å²) in [5.74, 6) is -0.193. The van der Waals surface area contributed by atoms with Gasteiger partial charge in [-0.15, -0.1) is 13.2 Å². The minimum atomic E-state index is -4.92. The van der Waals surface area contributed by atoms with Crippen molar-refractivity contribution in [3.05, 3.63) is 78.4 Å². The zero-order valence-electron chi connectivity index (χ0n) is 14.6. The van der Waals surface area contributed by atoms with Gasteiger partial charge in [-0.3, -0.25) is 0 Å². The third-order valence-corrected chi connectivity index (χ3v) is 5.29. The van der Waals surface area contributed by atoms with Gasteiger partial charge >= 0.3 is 6.36 Å². The van der Waals surface area contributed by atoms with E-state index >= 15 is 0 Å². The third kappa shape index (κ3) is 4.70. The van der Waals surface area contributed by atoms with Gasteiger partial charge in [0.1, 0.15) is 17.6 Å². The molecule has 0 amide bonds. The van der Waals surface area contributed by atoms with Crippen molar-refractivity contribution in [2.24, 2.45) is 7.05 Å². The fourth-order valence-corrected chi connectivity index (χ4v) is 3.85. The van der Waals surface area contributed by atoms with E-state index in [1.54, 1.807) is 48.1 Å². The van der Waals surface area contributed by atoms with Gasteiger partial charge < -0.3 is 9.30 Å². The number of aromatic nitrogens is 2. The van der Waals surface area contributed by atoms with Crippen LogP contribution in [-0.2, 0) is 17.1 Å². The Balaban J connectivity index is 1.97. The number of nitrogens with zero attached hydrogens (tertiary/aromatic N) is 2. The van der Waals surface area contributed by atoms with Gasteiger partial charge in [0.05, 0.1) is 4.90 Å². The average molecular weight is 411 g/mol. The van der Waals surface area contributed by atoms with Crippen LogP contribution < -0.4 is 9.46 Å². The normalized spacial score (nSPS) is 13.3. The fraction of sp³-hybridized carbons (Fsp3) is 0.167. The predicted molar refractivity (Wildman–Crippen MR) is 94.9 cm³/mol. The summed E-state index contributed by atoms with van der Waals surface area (Å²) in [4.78, 5) is 3.84. The lowest BCUT2D eigenvalue weighted by Crippen LogP contribution is -2.31. The molecular weight excluding hydrogens is 395 g/mol. The molecule has 10 heteroatoms. The summed E-state index contributed by atoms with van der Waals surface area (Å²) < 4.78 is 71.0. The van der Waals surface area contributed by atoms with Crippen molar-refractivity contribution in [1.82, 2.24) is 14.3 Å². The number of aryl methyl sites for hydroxylation is 1. The number of nitrogens with one attached hydrogen (secondary N) is 1. The molecule has 1 N–H and O–H groups in total. The first-order valence-electron chi connectivity index (χ1n) is 8.06. The van der Waals surface area contributed by atoms with E-state index in [-0.39, 0.29) is 4.90 Å². The van der Waals surface area contributed by atoms with E-state index < -0.39 is 28.2 Å². The standard InChI is InChI=1S/C18H16F3N3O3S/c1-24-11-10-22-17(24)16(13-6-3-2-4-7-13)23-28(25,26)15-9-5-8-14(12-15)27-18(19,20)21/h2-12,16,23H,1H3/t16-/m1/s1. The van der Waals surface area contributed by atoms with Crippen molar-refractivity contribution in [2.75, 3.05) is 0 Å². The maximum absolute atomic E-state index is 12.9. The Morgan fingerprint density at radius 3 is 2.43 bits per heavy atom. The van der Waals surface area contributed by atoms with Crippen LogP contribution in [0.25, 0.3) is 0 Å². The van der Waals surface area contributed by atoms with Gasteiger partial charge in [-0.05, 0) is 17.7 Å². The molecule has 148 valence electrons. The van der Waals surface area contributed by atoms with Crippen LogP contribution in [0.5, 0.6) is 5.75 Å². The molecule has 1 atom stereocenters. The number of imidazole rings is 1. The first kappa shape index (κ1) is 19.9. The second-order valence-corrected chi connectivity index (χ2v) is 7.60. The fourth-order valence-electron chi connectivity index (χ4n) is 2.63. The molecule has 0 saturated heterocycles. The minimum Gasteiger partial charge on any atom is -0.406 e. The molecule has 0 bridgehead atoms. The van der Waals surface area contributed by atoms with E-state index in [9.17, 15) is 21.6 Å². The monoisotopic (exact) mass is 411 g/mol. The minimum absolute atomic E-state index is 0.357. The first-order chi connectivity index (χ1) is 13.2. The zero-order valence-corrected chi connectivity index (χ0v) is 15.4. The van der Waals surface area contributed by atoms with Gasteiger partial charge in [-0.1, -0.05) is 36.4 Å². The quantitative estimate of drug-likeness (QED) is 0.675. The van der Waals surface area contributed by atoms with E-state index in [2.05, 4.69) is 14.4 Å². The van der Waals surface area contributed by atoms with Crippen LogP contribution in [0.2, 0.25) is 0 Å². The first-order valence-corrected chi connectivity index (χ1v) is 9.54. The molecule has 28 heavy (non-hydrogen) atoms. The maximum Gasteiger partial charge on any atom is 0.573 e. The average Bonchev–Trinajstić information content (AvgIpc) is 3.05. The van der Waals surface area contributed by atoms with Crippen LogP contribution in [0.3, 0.4) is 0 Å². The van der Waals surface area contributed by atoms with E-state index in [4.69, 9.17) is 0 Å². The van der Waals surface area contributed by atoms with Crippen LogP contribution in [0.15, 0.2) is 71.9 Å². The Kier molecular flexibility index (Phi) is 5.43. The van der Waals surface area contributed by atoms with E-state index in [0.29, 0.717) is 11.4 Å². The van der Waals surface area contributed by atoms with Crippen molar-refractivity contribution in [1.29, 1.82) is 0 Å². The van der Waals surface area contributed by atoms with Crippen molar-refractivity contribution < 1.29 is 26.3 Å². The number of rotatable bonds is 6. The molecular formula is C18H16F3N3O3S. The largest absolute Gasteiger partial charge is 0.573 e. The Hall–Kier alpha value is -2.85. The number of sulfonamides is 1. The highest BCUT2D eigenvalue weighted by atomic mass is 32.2. The second kappa shape index (κ2) is 7.64. The van der Waals surface area contributed by atoms with Gasteiger partial charge in [-0.25, -0.2) is 13.4 Å². The molecule has 0 spiro atoms. The van der Waals surface area contributed by atoms with Gasteiger partial charge in [0.25, 0.3) is 0 Å². The lowest BCUT2D eigenvalue weighted by atomic mass is 10.1. The van der Waals surface area contributed by atoms with Gasteiger partial charge in [-0.2, -0.15) is 4.72 Å². The highest BCUT2D eigenvalue weighted by Crippen LogP contribution is 2.27. The Morgan fingerprint density at radius 2 is 1.82 bits per heavy atom. The van der Waals surface area contributed by atoms with Crippen LogP contribution in [-0.4, -0.2) is 24.3 Å². The molecule has 0 aliphatic heterocycles. The Labute approximate surface area is 159 Å². The second-order valence-electron chi connectivity index (χ2n) is 5.88. The number of benzene rings is 2. The maximum atomic E-state index is 12.9. The topological polar surface area (TPSA) is 73.2 Å². The van der Waals surface area contributed by atoms with Crippen molar-refractivity contribution in [3.63, 3.8) is 0 Å². The summed E-state index contributed by atoms with van der Waals surface area (Å²) in [5.41, 5.74) is 0.628. The molecule has 0 radical (unpaired) electrons. The number of ether oxygens (including phenoxy) is 1. The van der Waals surface area contributed by atoms with Crippen LogP contribution in [0.1, 0.15) is 17.4 Å². The predicted octanol–water partition coefficient (Wildman–Crippen LogP) is 3.39.